The summed E-state index contributed by atoms with van der Waals surface area (Å²) < 4.78 is 0. The summed E-state index contributed by atoms with van der Waals surface area (Å²) in [5.74, 6) is 1.36. The Morgan fingerprint density at radius 2 is 2.11 bits per heavy atom. The zero-order valence-corrected chi connectivity index (χ0v) is 12.5. The molecule has 0 saturated heterocycles. The summed E-state index contributed by atoms with van der Waals surface area (Å²) in [6, 6.07) is 13.2. The van der Waals surface area contributed by atoms with Gasteiger partial charge < -0.3 is 5.32 Å². The normalized spacial score (nSPS) is 23.3. The van der Waals surface area contributed by atoms with Crippen molar-refractivity contribution >= 4 is 22.9 Å². The van der Waals surface area contributed by atoms with E-state index >= 15 is 0 Å². The standard InChI is InChI=1S/C16H18ClNS/c1-2-18-15(16-14(17)8-9-19-16)13-10-12(13)11-6-4-3-5-7-11/h3-9,12-13,15,18H,2,10H2,1H3. The van der Waals surface area contributed by atoms with Gasteiger partial charge in [-0.15, -0.1) is 11.3 Å². The SMILES string of the molecule is CCNC(c1sccc1Cl)C1CC1c1ccccc1. The predicted molar refractivity (Wildman–Crippen MR) is 83.0 cm³/mol. The molecule has 1 nitrogen and oxygen atoms in total. The summed E-state index contributed by atoms with van der Waals surface area (Å²) in [4.78, 5) is 1.30. The highest BCUT2D eigenvalue weighted by Gasteiger charge is 2.44. The van der Waals surface area contributed by atoms with E-state index in [0.29, 0.717) is 17.9 Å². The van der Waals surface area contributed by atoms with Crippen LogP contribution in [-0.2, 0) is 0 Å². The Bertz CT molecular complexity index is 537. The van der Waals surface area contributed by atoms with Gasteiger partial charge in [0.05, 0.1) is 5.02 Å². The average Bonchev–Trinajstić information content (AvgIpc) is 3.12. The highest BCUT2D eigenvalue weighted by atomic mass is 35.5. The molecular formula is C16H18ClNS. The van der Waals surface area contributed by atoms with E-state index in [1.807, 2.05) is 6.07 Å². The lowest BCUT2D eigenvalue weighted by molar-refractivity contribution is 0.494. The van der Waals surface area contributed by atoms with Crippen LogP contribution in [0.2, 0.25) is 5.02 Å². The maximum Gasteiger partial charge on any atom is 0.0561 e. The Morgan fingerprint density at radius 1 is 1.32 bits per heavy atom. The number of rotatable bonds is 5. The fourth-order valence-corrected chi connectivity index (χ4v) is 4.18. The van der Waals surface area contributed by atoms with E-state index < -0.39 is 0 Å². The molecule has 1 heterocycles. The van der Waals surface area contributed by atoms with E-state index in [-0.39, 0.29) is 0 Å². The molecular weight excluding hydrogens is 274 g/mol. The van der Waals surface area contributed by atoms with Crippen molar-refractivity contribution in [2.24, 2.45) is 5.92 Å². The van der Waals surface area contributed by atoms with Crippen molar-refractivity contribution < 1.29 is 0 Å². The smallest absolute Gasteiger partial charge is 0.0561 e. The van der Waals surface area contributed by atoms with Crippen LogP contribution in [0.15, 0.2) is 41.8 Å². The van der Waals surface area contributed by atoms with Crippen molar-refractivity contribution in [2.45, 2.75) is 25.3 Å². The van der Waals surface area contributed by atoms with Gasteiger partial charge in [-0.05, 0) is 41.8 Å². The first-order valence-corrected chi connectivity index (χ1v) is 8.08. The summed E-state index contributed by atoms with van der Waals surface area (Å²) in [7, 11) is 0. The summed E-state index contributed by atoms with van der Waals surface area (Å²) in [5.41, 5.74) is 1.46. The van der Waals surface area contributed by atoms with Crippen LogP contribution in [0.3, 0.4) is 0 Å². The molecule has 3 unspecified atom stereocenters. The van der Waals surface area contributed by atoms with Gasteiger partial charge in [0.25, 0.3) is 0 Å². The molecule has 3 heteroatoms. The first kappa shape index (κ1) is 13.2. The Kier molecular flexibility index (Phi) is 3.92. The molecule has 2 aromatic rings. The van der Waals surface area contributed by atoms with Gasteiger partial charge in [0.2, 0.25) is 0 Å². The number of thiophene rings is 1. The monoisotopic (exact) mass is 291 g/mol. The molecule has 1 aliphatic carbocycles. The largest absolute Gasteiger partial charge is 0.309 e. The van der Waals surface area contributed by atoms with Crippen LogP contribution in [0, 0.1) is 5.92 Å². The lowest BCUT2D eigenvalue weighted by atomic mass is 10.0. The minimum atomic E-state index is 0.405. The van der Waals surface area contributed by atoms with Gasteiger partial charge in [-0.1, -0.05) is 48.9 Å². The van der Waals surface area contributed by atoms with Gasteiger partial charge in [-0.2, -0.15) is 0 Å². The lowest BCUT2D eigenvalue weighted by Crippen LogP contribution is -2.22. The van der Waals surface area contributed by atoms with Crippen LogP contribution in [0.25, 0.3) is 0 Å². The van der Waals surface area contributed by atoms with Crippen molar-refractivity contribution in [3.63, 3.8) is 0 Å². The Balaban J connectivity index is 1.79. The van der Waals surface area contributed by atoms with Crippen LogP contribution < -0.4 is 5.32 Å². The first-order valence-electron chi connectivity index (χ1n) is 6.82. The van der Waals surface area contributed by atoms with Gasteiger partial charge in [0.1, 0.15) is 0 Å². The Labute approximate surface area is 123 Å². The van der Waals surface area contributed by atoms with Gasteiger partial charge in [0.15, 0.2) is 0 Å². The molecule has 19 heavy (non-hydrogen) atoms. The second kappa shape index (κ2) is 5.66. The Hall–Kier alpha value is -0.830. The number of benzene rings is 1. The molecule has 1 aromatic heterocycles. The highest BCUT2D eigenvalue weighted by Crippen LogP contribution is 2.55. The van der Waals surface area contributed by atoms with E-state index in [0.717, 1.165) is 11.6 Å². The van der Waals surface area contributed by atoms with E-state index in [4.69, 9.17) is 11.6 Å². The van der Waals surface area contributed by atoms with Crippen molar-refractivity contribution in [1.29, 1.82) is 0 Å². The molecule has 3 rings (SSSR count). The van der Waals surface area contributed by atoms with E-state index in [9.17, 15) is 0 Å². The fraction of sp³-hybridized carbons (Fsp3) is 0.375. The minimum absolute atomic E-state index is 0.405. The third-order valence-corrected chi connectivity index (χ3v) is 5.29. The highest BCUT2D eigenvalue weighted by molar-refractivity contribution is 7.10. The molecule has 3 atom stereocenters. The van der Waals surface area contributed by atoms with Crippen LogP contribution in [0.1, 0.15) is 35.7 Å². The molecule has 0 amide bonds. The molecule has 1 fully saturated rings. The average molecular weight is 292 g/mol. The molecule has 1 N–H and O–H groups in total. The molecule has 0 radical (unpaired) electrons. The van der Waals surface area contributed by atoms with Crippen LogP contribution >= 0.6 is 22.9 Å². The van der Waals surface area contributed by atoms with E-state index in [1.54, 1.807) is 11.3 Å². The molecule has 0 aliphatic heterocycles. The summed E-state index contributed by atoms with van der Waals surface area (Å²) in [6.45, 7) is 3.14. The van der Waals surface area contributed by atoms with Crippen LogP contribution in [0.4, 0.5) is 0 Å². The zero-order chi connectivity index (χ0) is 13.2. The quantitative estimate of drug-likeness (QED) is 0.830. The molecule has 100 valence electrons. The summed E-state index contributed by atoms with van der Waals surface area (Å²) in [6.07, 6.45) is 1.26. The Morgan fingerprint density at radius 3 is 2.74 bits per heavy atom. The third kappa shape index (κ3) is 2.71. The van der Waals surface area contributed by atoms with Gasteiger partial charge in [0, 0.05) is 10.9 Å². The minimum Gasteiger partial charge on any atom is -0.309 e. The fourth-order valence-electron chi connectivity index (χ4n) is 2.85. The maximum absolute atomic E-state index is 6.31. The second-order valence-electron chi connectivity index (χ2n) is 5.08. The number of hydrogen-bond acceptors (Lipinski definition) is 2. The summed E-state index contributed by atoms with van der Waals surface area (Å²) >= 11 is 8.07. The van der Waals surface area contributed by atoms with Gasteiger partial charge >= 0.3 is 0 Å². The molecule has 0 bridgehead atoms. The van der Waals surface area contributed by atoms with E-state index in [2.05, 4.69) is 48.0 Å². The lowest BCUT2D eigenvalue weighted by Gasteiger charge is -2.17. The topological polar surface area (TPSA) is 12.0 Å². The van der Waals surface area contributed by atoms with Crippen molar-refractivity contribution in [3.8, 4) is 0 Å². The molecule has 1 aromatic carbocycles. The summed E-state index contributed by atoms with van der Waals surface area (Å²) in [5, 5.41) is 6.61. The zero-order valence-electron chi connectivity index (χ0n) is 11.0. The van der Waals surface area contributed by atoms with Crippen molar-refractivity contribution in [3.05, 3.63) is 57.2 Å². The van der Waals surface area contributed by atoms with Crippen molar-refractivity contribution in [1.82, 2.24) is 5.32 Å². The van der Waals surface area contributed by atoms with Crippen LogP contribution in [-0.4, -0.2) is 6.54 Å². The predicted octanol–water partition coefficient (Wildman–Crippen LogP) is 4.86. The van der Waals surface area contributed by atoms with Gasteiger partial charge in [-0.3, -0.25) is 0 Å². The molecule has 1 aliphatic rings. The third-order valence-electron chi connectivity index (χ3n) is 3.85. The number of nitrogens with one attached hydrogen (secondary N) is 1. The van der Waals surface area contributed by atoms with Crippen molar-refractivity contribution in [2.75, 3.05) is 6.54 Å². The van der Waals surface area contributed by atoms with Crippen LogP contribution in [0.5, 0.6) is 0 Å². The first-order chi connectivity index (χ1) is 9.31. The van der Waals surface area contributed by atoms with E-state index in [1.165, 1.54) is 16.9 Å². The van der Waals surface area contributed by atoms with Gasteiger partial charge in [-0.25, -0.2) is 0 Å². The number of halogens is 1. The number of hydrogen-bond donors (Lipinski definition) is 1. The maximum atomic E-state index is 6.31. The molecule has 1 saturated carbocycles. The molecule has 0 spiro atoms. The second-order valence-corrected chi connectivity index (χ2v) is 6.44.